The normalized spacial score (nSPS) is 11.9. The second-order valence-electron chi connectivity index (χ2n) is 4.28. The van der Waals surface area contributed by atoms with Gasteiger partial charge >= 0.3 is 0 Å². The molecule has 4 heteroatoms. The number of nitrogens with zero attached hydrogens (tertiary/aromatic N) is 1. The summed E-state index contributed by atoms with van der Waals surface area (Å²) >= 11 is 0. The molecule has 2 rings (SSSR count). The van der Waals surface area contributed by atoms with E-state index >= 15 is 0 Å². The van der Waals surface area contributed by atoms with Gasteiger partial charge in [-0.15, -0.1) is 0 Å². The first kappa shape index (κ1) is 12.4. The van der Waals surface area contributed by atoms with E-state index in [1.165, 1.54) is 11.1 Å². The number of rotatable bonds is 4. The highest BCUT2D eigenvalue weighted by Crippen LogP contribution is 2.21. The largest absolute Gasteiger partial charge is 0.363 e. The van der Waals surface area contributed by atoms with Gasteiger partial charge in [0.15, 0.2) is 0 Å². The monoisotopic (exact) mass is 242 g/mol. The van der Waals surface area contributed by atoms with Crippen molar-refractivity contribution in [3.63, 3.8) is 0 Å². The summed E-state index contributed by atoms with van der Waals surface area (Å²) in [5.41, 5.74) is 5.08. The van der Waals surface area contributed by atoms with Crippen LogP contribution >= 0.6 is 0 Å². The van der Waals surface area contributed by atoms with E-state index < -0.39 is 0 Å². The van der Waals surface area contributed by atoms with E-state index in [2.05, 4.69) is 41.7 Å². The van der Waals surface area contributed by atoms with E-state index in [1.807, 2.05) is 30.3 Å². The number of aromatic nitrogens is 1. The summed E-state index contributed by atoms with van der Waals surface area (Å²) in [6.07, 6.45) is 0. The van der Waals surface area contributed by atoms with E-state index in [0.29, 0.717) is 5.82 Å². The second kappa shape index (κ2) is 5.51. The van der Waals surface area contributed by atoms with Gasteiger partial charge in [0, 0.05) is 0 Å². The van der Waals surface area contributed by atoms with Crippen LogP contribution < -0.4 is 16.6 Å². The van der Waals surface area contributed by atoms with Crippen LogP contribution in [0.25, 0.3) is 0 Å². The lowest BCUT2D eigenvalue weighted by Crippen LogP contribution is -2.12. The molecular formula is C14H18N4. The number of pyridine rings is 1. The van der Waals surface area contributed by atoms with Crippen LogP contribution in [0.1, 0.15) is 24.1 Å². The molecule has 1 aromatic carbocycles. The summed E-state index contributed by atoms with van der Waals surface area (Å²) in [7, 11) is 0. The highest BCUT2D eigenvalue weighted by Gasteiger charge is 2.08. The predicted octanol–water partition coefficient (Wildman–Crippen LogP) is 2.85. The molecular weight excluding hydrogens is 224 g/mol. The maximum absolute atomic E-state index is 5.34. The van der Waals surface area contributed by atoms with Crippen LogP contribution in [0.3, 0.4) is 0 Å². The van der Waals surface area contributed by atoms with Crippen LogP contribution in [0.2, 0.25) is 0 Å². The molecule has 18 heavy (non-hydrogen) atoms. The van der Waals surface area contributed by atoms with Gasteiger partial charge in [0.2, 0.25) is 0 Å². The van der Waals surface area contributed by atoms with E-state index in [0.717, 1.165) is 5.82 Å². The number of anilines is 2. The van der Waals surface area contributed by atoms with Crippen LogP contribution in [0, 0.1) is 6.92 Å². The van der Waals surface area contributed by atoms with Crippen molar-refractivity contribution in [2.75, 3.05) is 10.7 Å². The van der Waals surface area contributed by atoms with Crippen molar-refractivity contribution in [2.24, 2.45) is 5.84 Å². The first-order valence-electron chi connectivity index (χ1n) is 5.96. The van der Waals surface area contributed by atoms with Gasteiger partial charge in [0.1, 0.15) is 11.6 Å². The van der Waals surface area contributed by atoms with E-state index in [4.69, 9.17) is 5.84 Å². The van der Waals surface area contributed by atoms with E-state index in [9.17, 15) is 0 Å². The number of hydrogen-bond acceptors (Lipinski definition) is 4. The molecule has 2 aromatic rings. The third-order valence-electron chi connectivity index (χ3n) is 2.92. The number of nitrogen functional groups attached to an aromatic ring is 1. The number of nitrogens with one attached hydrogen (secondary N) is 2. The van der Waals surface area contributed by atoms with Crippen molar-refractivity contribution in [1.29, 1.82) is 0 Å². The fourth-order valence-corrected chi connectivity index (χ4v) is 1.97. The Balaban J connectivity index is 2.16. The first-order chi connectivity index (χ1) is 8.70. The predicted molar refractivity (Wildman–Crippen MR) is 75.3 cm³/mol. The Hall–Kier alpha value is -2.07. The Morgan fingerprint density at radius 1 is 1.06 bits per heavy atom. The third kappa shape index (κ3) is 2.78. The van der Waals surface area contributed by atoms with Gasteiger partial charge in [-0.1, -0.05) is 30.3 Å². The lowest BCUT2D eigenvalue weighted by Gasteiger charge is -2.17. The molecule has 1 unspecified atom stereocenters. The Morgan fingerprint density at radius 3 is 2.50 bits per heavy atom. The Bertz CT molecular complexity index is 525. The van der Waals surface area contributed by atoms with Crippen molar-refractivity contribution in [2.45, 2.75) is 19.9 Å². The zero-order valence-corrected chi connectivity index (χ0v) is 10.6. The molecule has 1 aromatic heterocycles. The first-order valence-corrected chi connectivity index (χ1v) is 5.96. The number of aryl methyl sites for hydroxylation is 1. The van der Waals surface area contributed by atoms with Gasteiger partial charge in [-0.2, -0.15) is 0 Å². The molecule has 0 fully saturated rings. The molecule has 94 valence electrons. The summed E-state index contributed by atoms with van der Waals surface area (Å²) in [6.45, 7) is 4.23. The summed E-state index contributed by atoms with van der Waals surface area (Å²) in [5, 5.41) is 3.37. The Labute approximate surface area is 107 Å². The summed E-state index contributed by atoms with van der Waals surface area (Å²) in [5.74, 6) is 6.80. The smallest absolute Gasteiger partial charge is 0.142 e. The zero-order chi connectivity index (χ0) is 13.0. The summed E-state index contributed by atoms with van der Waals surface area (Å²) in [6, 6.07) is 14.2. The molecule has 0 bridgehead atoms. The van der Waals surface area contributed by atoms with Gasteiger partial charge < -0.3 is 10.7 Å². The Kier molecular flexibility index (Phi) is 3.79. The van der Waals surface area contributed by atoms with Crippen LogP contribution in [0.5, 0.6) is 0 Å². The molecule has 0 aliphatic rings. The number of benzene rings is 1. The van der Waals surface area contributed by atoms with Crippen molar-refractivity contribution < 1.29 is 0 Å². The number of hydrogen-bond donors (Lipinski definition) is 3. The minimum absolute atomic E-state index is 0.201. The summed E-state index contributed by atoms with van der Waals surface area (Å²) in [4.78, 5) is 4.34. The van der Waals surface area contributed by atoms with Crippen molar-refractivity contribution >= 4 is 11.6 Å². The topological polar surface area (TPSA) is 63.0 Å². The van der Waals surface area contributed by atoms with E-state index in [-0.39, 0.29) is 6.04 Å². The van der Waals surface area contributed by atoms with Crippen LogP contribution in [0.4, 0.5) is 11.6 Å². The maximum Gasteiger partial charge on any atom is 0.142 e. The van der Waals surface area contributed by atoms with Crippen molar-refractivity contribution in [1.82, 2.24) is 4.98 Å². The highest BCUT2D eigenvalue weighted by molar-refractivity contribution is 5.46. The molecule has 0 spiro atoms. The molecule has 1 heterocycles. The van der Waals surface area contributed by atoms with Gasteiger partial charge in [-0.3, -0.25) is 0 Å². The molecule has 0 saturated heterocycles. The molecule has 0 saturated carbocycles. The molecule has 0 radical (unpaired) electrons. The standard InChI is InChI=1S/C14H18N4/c1-10-6-3-4-7-12(10)11(2)16-13-8-5-9-14(17-13)18-15/h3-9,11H,15H2,1-2H3,(H2,16,17,18). The quantitative estimate of drug-likeness (QED) is 0.570. The molecule has 1 atom stereocenters. The summed E-state index contributed by atoms with van der Waals surface area (Å²) < 4.78 is 0. The van der Waals surface area contributed by atoms with Crippen LogP contribution in [-0.4, -0.2) is 4.98 Å². The van der Waals surface area contributed by atoms with Gasteiger partial charge in [-0.25, -0.2) is 10.8 Å². The van der Waals surface area contributed by atoms with Gasteiger partial charge in [0.25, 0.3) is 0 Å². The fraction of sp³-hybridized carbons (Fsp3) is 0.214. The minimum atomic E-state index is 0.201. The number of nitrogens with two attached hydrogens (primary N) is 1. The van der Waals surface area contributed by atoms with Gasteiger partial charge in [0.05, 0.1) is 6.04 Å². The zero-order valence-electron chi connectivity index (χ0n) is 10.6. The van der Waals surface area contributed by atoms with Crippen molar-refractivity contribution in [3.05, 3.63) is 53.6 Å². The van der Waals surface area contributed by atoms with Crippen LogP contribution in [0.15, 0.2) is 42.5 Å². The highest BCUT2D eigenvalue weighted by atomic mass is 15.3. The maximum atomic E-state index is 5.34. The van der Waals surface area contributed by atoms with E-state index in [1.54, 1.807) is 0 Å². The average molecular weight is 242 g/mol. The molecule has 4 N–H and O–H groups in total. The van der Waals surface area contributed by atoms with Crippen molar-refractivity contribution in [3.8, 4) is 0 Å². The molecule has 4 nitrogen and oxygen atoms in total. The Morgan fingerprint density at radius 2 is 1.78 bits per heavy atom. The van der Waals surface area contributed by atoms with Crippen LogP contribution in [-0.2, 0) is 0 Å². The fourth-order valence-electron chi connectivity index (χ4n) is 1.97. The minimum Gasteiger partial charge on any atom is -0.363 e. The second-order valence-corrected chi connectivity index (χ2v) is 4.28. The molecule has 0 amide bonds. The lowest BCUT2D eigenvalue weighted by molar-refractivity contribution is 0.865. The van der Waals surface area contributed by atoms with Gasteiger partial charge in [-0.05, 0) is 37.1 Å². The molecule has 0 aliphatic carbocycles. The average Bonchev–Trinajstić information content (AvgIpc) is 2.39. The third-order valence-corrected chi connectivity index (χ3v) is 2.92. The molecule has 0 aliphatic heterocycles. The lowest BCUT2D eigenvalue weighted by atomic mass is 10.0. The number of hydrazine groups is 1. The SMILES string of the molecule is Cc1ccccc1C(C)Nc1cccc(NN)n1.